The van der Waals surface area contributed by atoms with E-state index < -0.39 is 5.82 Å². The molecule has 104 valence electrons. The van der Waals surface area contributed by atoms with Crippen LogP contribution in [0.1, 0.15) is 17.5 Å². The van der Waals surface area contributed by atoms with Gasteiger partial charge in [0.1, 0.15) is 28.9 Å². The van der Waals surface area contributed by atoms with Gasteiger partial charge in [-0.15, -0.1) is 0 Å². The van der Waals surface area contributed by atoms with Crippen LogP contribution in [-0.4, -0.2) is 5.91 Å². The van der Waals surface area contributed by atoms with Crippen LogP contribution in [0.25, 0.3) is 0 Å². The molecule has 0 aliphatic carbocycles. The summed E-state index contributed by atoms with van der Waals surface area (Å²) in [6.07, 6.45) is 1.06. The molecule has 0 unspecified atom stereocenters. The first-order valence-electron chi connectivity index (χ1n) is 6.46. The Morgan fingerprint density at radius 2 is 2.10 bits per heavy atom. The van der Waals surface area contributed by atoms with Crippen molar-refractivity contribution >= 4 is 11.6 Å². The molecule has 2 aromatic carbocycles. The van der Waals surface area contributed by atoms with E-state index in [1.54, 1.807) is 30.3 Å². The molecule has 0 bridgehead atoms. The molecule has 0 radical (unpaired) electrons. The summed E-state index contributed by atoms with van der Waals surface area (Å²) in [6.45, 7) is 0. The fraction of sp³-hybridized carbons (Fsp3) is 0.125. The lowest BCUT2D eigenvalue weighted by atomic mass is 10.0. The maximum absolute atomic E-state index is 13.5. The number of amides is 1. The summed E-state index contributed by atoms with van der Waals surface area (Å²) in [4.78, 5) is 11.3. The van der Waals surface area contributed by atoms with E-state index in [1.165, 1.54) is 12.1 Å². The predicted octanol–water partition coefficient (Wildman–Crippen LogP) is 3.37. The first-order chi connectivity index (χ1) is 10.2. The van der Waals surface area contributed by atoms with Gasteiger partial charge < -0.3 is 10.1 Å². The highest BCUT2D eigenvalue weighted by molar-refractivity contribution is 5.94. The van der Waals surface area contributed by atoms with Crippen LogP contribution in [0.3, 0.4) is 0 Å². The molecule has 0 spiro atoms. The van der Waals surface area contributed by atoms with Gasteiger partial charge in [-0.3, -0.25) is 4.79 Å². The zero-order valence-electron chi connectivity index (χ0n) is 11.0. The summed E-state index contributed by atoms with van der Waals surface area (Å²) >= 11 is 0. The first kappa shape index (κ1) is 13.1. The number of benzene rings is 2. The zero-order valence-corrected chi connectivity index (χ0v) is 11.0. The van der Waals surface area contributed by atoms with Gasteiger partial charge in [0.15, 0.2) is 0 Å². The van der Waals surface area contributed by atoms with Crippen molar-refractivity contribution in [3.05, 3.63) is 53.3 Å². The summed E-state index contributed by atoms with van der Waals surface area (Å²) in [6, 6.07) is 11.3. The molecule has 1 amide bonds. The quantitative estimate of drug-likeness (QED) is 0.918. The van der Waals surface area contributed by atoms with E-state index in [1.807, 2.05) is 0 Å². The van der Waals surface area contributed by atoms with E-state index in [4.69, 9.17) is 10.00 Å². The van der Waals surface area contributed by atoms with Gasteiger partial charge in [-0.25, -0.2) is 4.39 Å². The van der Waals surface area contributed by atoms with Crippen LogP contribution < -0.4 is 10.1 Å². The van der Waals surface area contributed by atoms with E-state index in [-0.39, 0.29) is 17.2 Å². The summed E-state index contributed by atoms with van der Waals surface area (Å²) < 4.78 is 19.1. The molecule has 0 aromatic heterocycles. The van der Waals surface area contributed by atoms with Crippen LogP contribution >= 0.6 is 0 Å². The number of halogens is 1. The Morgan fingerprint density at radius 1 is 1.24 bits per heavy atom. The number of nitriles is 1. The number of hydrogen-bond donors (Lipinski definition) is 1. The molecular formula is C16H11FN2O2. The van der Waals surface area contributed by atoms with Gasteiger partial charge in [-0.1, -0.05) is 6.07 Å². The molecule has 0 atom stereocenters. The maximum Gasteiger partial charge on any atom is 0.224 e. The van der Waals surface area contributed by atoms with Crippen molar-refractivity contribution in [1.29, 1.82) is 5.26 Å². The van der Waals surface area contributed by atoms with Gasteiger partial charge >= 0.3 is 0 Å². The van der Waals surface area contributed by atoms with Crippen molar-refractivity contribution < 1.29 is 13.9 Å². The summed E-state index contributed by atoms with van der Waals surface area (Å²) in [5, 5.41) is 11.8. The van der Waals surface area contributed by atoms with Crippen molar-refractivity contribution in [3.63, 3.8) is 0 Å². The Bertz CT molecular complexity index is 765. The van der Waals surface area contributed by atoms with E-state index in [0.717, 1.165) is 11.3 Å². The third-order valence-corrected chi connectivity index (χ3v) is 3.29. The highest BCUT2D eigenvalue weighted by Crippen LogP contribution is 2.31. The molecule has 1 aliphatic rings. The lowest BCUT2D eigenvalue weighted by Crippen LogP contribution is -2.18. The predicted molar refractivity (Wildman–Crippen MR) is 74.6 cm³/mol. The standard InChI is InChI=1S/C16H11FN2O2/c17-13-2-1-3-15(12(13)9-18)21-11-5-6-14-10(8-11)4-7-16(20)19-14/h1-3,5-6,8H,4,7H2,(H,19,20). The number of ether oxygens (including phenoxy) is 1. The molecule has 21 heavy (non-hydrogen) atoms. The minimum absolute atomic E-state index is 0.00642. The molecule has 0 saturated carbocycles. The number of nitrogens with zero attached hydrogens (tertiary/aromatic N) is 1. The van der Waals surface area contributed by atoms with Gasteiger partial charge in [0.05, 0.1) is 0 Å². The summed E-state index contributed by atoms with van der Waals surface area (Å²) in [5.74, 6) is 0.0672. The topological polar surface area (TPSA) is 62.1 Å². The largest absolute Gasteiger partial charge is 0.456 e. The van der Waals surface area contributed by atoms with Gasteiger partial charge in [0, 0.05) is 12.1 Å². The third-order valence-electron chi connectivity index (χ3n) is 3.29. The Balaban J connectivity index is 1.92. The molecule has 5 heteroatoms. The van der Waals surface area contributed by atoms with Crippen LogP contribution in [0.5, 0.6) is 11.5 Å². The Labute approximate surface area is 120 Å². The van der Waals surface area contributed by atoms with Crippen molar-refractivity contribution in [2.24, 2.45) is 0 Å². The normalized spacial score (nSPS) is 13.0. The molecule has 2 aromatic rings. The van der Waals surface area contributed by atoms with Crippen molar-refractivity contribution in [2.45, 2.75) is 12.8 Å². The molecule has 0 fully saturated rings. The summed E-state index contributed by atoms with van der Waals surface area (Å²) in [7, 11) is 0. The minimum Gasteiger partial charge on any atom is -0.456 e. The second-order valence-electron chi connectivity index (χ2n) is 4.69. The molecule has 1 aliphatic heterocycles. The lowest BCUT2D eigenvalue weighted by molar-refractivity contribution is -0.116. The van der Waals surface area contributed by atoms with Crippen LogP contribution in [0.15, 0.2) is 36.4 Å². The number of fused-ring (bicyclic) bond motifs is 1. The maximum atomic E-state index is 13.5. The SMILES string of the molecule is N#Cc1c(F)cccc1Oc1ccc2c(c1)CCC(=O)N2. The van der Waals surface area contributed by atoms with E-state index >= 15 is 0 Å². The first-order valence-corrected chi connectivity index (χ1v) is 6.46. The van der Waals surface area contributed by atoms with Gasteiger partial charge in [-0.2, -0.15) is 5.26 Å². The highest BCUT2D eigenvalue weighted by atomic mass is 19.1. The van der Waals surface area contributed by atoms with Crippen LogP contribution in [0, 0.1) is 17.1 Å². The molecule has 4 nitrogen and oxygen atoms in total. The average Bonchev–Trinajstić information content (AvgIpc) is 2.48. The molecule has 1 heterocycles. The summed E-state index contributed by atoms with van der Waals surface area (Å²) in [5.41, 5.74) is 1.60. The van der Waals surface area contributed by atoms with Gasteiger partial charge in [-0.05, 0) is 42.3 Å². The van der Waals surface area contributed by atoms with Crippen LogP contribution in [-0.2, 0) is 11.2 Å². The van der Waals surface area contributed by atoms with Crippen LogP contribution in [0.2, 0.25) is 0 Å². The monoisotopic (exact) mass is 282 g/mol. The fourth-order valence-corrected chi connectivity index (χ4v) is 2.25. The fourth-order valence-electron chi connectivity index (χ4n) is 2.25. The van der Waals surface area contributed by atoms with Gasteiger partial charge in [0.2, 0.25) is 5.91 Å². The Morgan fingerprint density at radius 3 is 2.90 bits per heavy atom. The molecule has 0 saturated heterocycles. The van der Waals surface area contributed by atoms with E-state index in [2.05, 4.69) is 5.32 Å². The zero-order chi connectivity index (χ0) is 14.8. The molecule has 1 N–H and O–H groups in total. The van der Waals surface area contributed by atoms with Crippen LogP contribution in [0.4, 0.5) is 10.1 Å². The molecular weight excluding hydrogens is 271 g/mol. The number of hydrogen-bond acceptors (Lipinski definition) is 3. The Hall–Kier alpha value is -2.87. The number of aryl methyl sites for hydroxylation is 1. The van der Waals surface area contributed by atoms with Crippen molar-refractivity contribution in [1.82, 2.24) is 0 Å². The third kappa shape index (κ3) is 2.56. The lowest BCUT2D eigenvalue weighted by Gasteiger charge is -2.17. The number of carbonyl (C=O) groups is 1. The number of anilines is 1. The number of nitrogens with one attached hydrogen (secondary N) is 1. The van der Waals surface area contributed by atoms with Crippen molar-refractivity contribution in [3.8, 4) is 17.6 Å². The smallest absolute Gasteiger partial charge is 0.224 e. The highest BCUT2D eigenvalue weighted by Gasteiger charge is 2.16. The average molecular weight is 282 g/mol. The van der Waals surface area contributed by atoms with Gasteiger partial charge in [0.25, 0.3) is 0 Å². The Kier molecular flexibility index (Phi) is 3.28. The van der Waals surface area contributed by atoms with E-state index in [0.29, 0.717) is 18.6 Å². The number of carbonyl (C=O) groups excluding carboxylic acids is 1. The van der Waals surface area contributed by atoms with E-state index in [9.17, 15) is 9.18 Å². The second kappa shape index (κ2) is 5.25. The second-order valence-corrected chi connectivity index (χ2v) is 4.69. The minimum atomic E-state index is -0.611. The number of rotatable bonds is 2. The molecule has 3 rings (SSSR count). The van der Waals surface area contributed by atoms with Crippen molar-refractivity contribution in [2.75, 3.05) is 5.32 Å².